The molecule has 10 heteroatoms. The summed E-state index contributed by atoms with van der Waals surface area (Å²) in [6.45, 7) is 2.85. The number of Topliss-reactive ketones (excluding diaryl/α,β-unsaturated/α-hetero) is 3. The Labute approximate surface area is 211 Å². The first kappa shape index (κ1) is 30.6. The molecule has 0 aliphatic carbocycles. The largest absolute Gasteiger partial charge is 0.481 e. The van der Waals surface area contributed by atoms with Crippen LogP contribution in [-0.2, 0) is 35.2 Å². The first-order chi connectivity index (χ1) is 16.9. The number of likely N-dealkylation sites (N-methyl/N-ethyl adjacent to an activating group) is 1. The number of nitrogens with two attached hydrogens (primary N) is 1. The molecule has 0 spiro atoms. The zero-order valence-corrected chi connectivity index (χ0v) is 21.1. The molecule has 0 saturated carbocycles. The summed E-state index contributed by atoms with van der Waals surface area (Å²) in [4.78, 5) is 72.6. The Morgan fingerprint density at radius 3 is 2.06 bits per heavy atom. The predicted octanol–water partition coefficient (Wildman–Crippen LogP) is 1.19. The van der Waals surface area contributed by atoms with Crippen LogP contribution in [0.4, 0.5) is 0 Å². The van der Waals surface area contributed by atoms with Crippen LogP contribution in [0.15, 0.2) is 30.3 Å². The Balaban J connectivity index is 2.83. The number of ketones is 3. The molecule has 0 aromatic heterocycles. The highest BCUT2D eigenvalue weighted by Crippen LogP contribution is 2.17. The van der Waals surface area contributed by atoms with Crippen molar-refractivity contribution in [3.05, 3.63) is 35.9 Å². The van der Waals surface area contributed by atoms with Crippen LogP contribution in [0.3, 0.4) is 0 Å². The second-order valence-electron chi connectivity index (χ2n) is 9.08. The fourth-order valence-corrected chi connectivity index (χ4v) is 3.81. The van der Waals surface area contributed by atoms with Crippen molar-refractivity contribution in [1.29, 1.82) is 0 Å². The number of primary amides is 1. The molecule has 0 bridgehead atoms. The number of aliphatic carboxylic acids is 1. The molecule has 1 rings (SSSR count). The van der Waals surface area contributed by atoms with E-state index in [1.807, 2.05) is 30.3 Å². The maximum atomic E-state index is 12.9. The highest BCUT2D eigenvalue weighted by Gasteiger charge is 2.29. The Bertz CT molecular complexity index is 933. The van der Waals surface area contributed by atoms with E-state index in [1.54, 1.807) is 14.0 Å². The van der Waals surface area contributed by atoms with Gasteiger partial charge in [0, 0.05) is 37.5 Å². The zero-order valence-electron chi connectivity index (χ0n) is 21.1. The van der Waals surface area contributed by atoms with E-state index in [9.17, 15) is 28.8 Å². The summed E-state index contributed by atoms with van der Waals surface area (Å²) in [7, 11) is 1.67. The minimum atomic E-state index is -1.09. The van der Waals surface area contributed by atoms with Crippen molar-refractivity contribution in [2.24, 2.45) is 17.6 Å². The molecule has 2 amide bonds. The minimum absolute atomic E-state index is 0.00931. The Hall–Kier alpha value is -3.40. The number of hydrogen-bond donors (Lipinski definition) is 4. The zero-order chi connectivity index (χ0) is 27.3. The van der Waals surface area contributed by atoms with Crippen molar-refractivity contribution in [2.75, 3.05) is 7.05 Å². The van der Waals surface area contributed by atoms with Gasteiger partial charge in [-0.3, -0.25) is 28.8 Å². The molecule has 36 heavy (non-hydrogen) atoms. The first-order valence-corrected chi connectivity index (χ1v) is 12.0. The summed E-state index contributed by atoms with van der Waals surface area (Å²) >= 11 is 0. The van der Waals surface area contributed by atoms with Crippen molar-refractivity contribution >= 4 is 35.1 Å². The number of carbonyl (C=O) groups is 6. The lowest BCUT2D eigenvalue weighted by Crippen LogP contribution is -2.45. The van der Waals surface area contributed by atoms with Crippen LogP contribution in [0.1, 0.15) is 57.9 Å². The average Bonchev–Trinajstić information content (AvgIpc) is 2.82. The number of nitrogens with one attached hydrogen (secondary N) is 2. The molecule has 4 atom stereocenters. The topological polar surface area (TPSA) is 173 Å². The smallest absolute Gasteiger partial charge is 0.303 e. The SMILES string of the molecule is CN[C@@H](Cc1ccccc1)C(=O)CC(C)C(=O)N[C@@H](CCC(N)=O)C(=O)CC(CCC(=O)O)C(C)=O. The van der Waals surface area contributed by atoms with Crippen molar-refractivity contribution < 1.29 is 33.9 Å². The molecule has 198 valence electrons. The van der Waals surface area contributed by atoms with Crippen LogP contribution in [0, 0.1) is 11.8 Å². The summed E-state index contributed by atoms with van der Waals surface area (Å²) in [5.74, 6) is -4.82. The lowest BCUT2D eigenvalue weighted by atomic mass is 9.89. The summed E-state index contributed by atoms with van der Waals surface area (Å²) in [6.07, 6.45) is -0.365. The minimum Gasteiger partial charge on any atom is -0.481 e. The molecule has 5 N–H and O–H groups in total. The summed E-state index contributed by atoms with van der Waals surface area (Å²) in [5, 5.41) is 14.5. The van der Waals surface area contributed by atoms with E-state index in [4.69, 9.17) is 10.8 Å². The number of amides is 2. The molecule has 0 heterocycles. The molecule has 0 aliphatic heterocycles. The number of hydrogen-bond acceptors (Lipinski definition) is 7. The Morgan fingerprint density at radius 2 is 1.53 bits per heavy atom. The van der Waals surface area contributed by atoms with E-state index in [0.29, 0.717) is 6.42 Å². The van der Waals surface area contributed by atoms with Gasteiger partial charge in [-0.2, -0.15) is 0 Å². The van der Waals surface area contributed by atoms with E-state index in [-0.39, 0.29) is 50.1 Å². The fourth-order valence-electron chi connectivity index (χ4n) is 3.81. The van der Waals surface area contributed by atoms with Gasteiger partial charge < -0.3 is 21.5 Å². The molecule has 0 aliphatic rings. The monoisotopic (exact) mass is 503 g/mol. The lowest BCUT2D eigenvalue weighted by molar-refractivity contribution is -0.138. The van der Waals surface area contributed by atoms with Crippen LogP contribution < -0.4 is 16.4 Å². The molecule has 10 nitrogen and oxygen atoms in total. The summed E-state index contributed by atoms with van der Waals surface area (Å²) in [5.41, 5.74) is 6.18. The van der Waals surface area contributed by atoms with Crippen molar-refractivity contribution in [3.63, 3.8) is 0 Å². The van der Waals surface area contributed by atoms with Crippen molar-refractivity contribution in [3.8, 4) is 0 Å². The maximum absolute atomic E-state index is 12.9. The molecule has 0 saturated heterocycles. The highest BCUT2D eigenvalue weighted by molar-refractivity contribution is 5.95. The van der Waals surface area contributed by atoms with Crippen LogP contribution in [0.25, 0.3) is 0 Å². The van der Waals surface area contributed by atoms with Crippen LogP contribution >= 0.6 is 0 Å². The van der Waals surface area contributed by atoms with Gasteiger partial charge in [0.15, 0.2) is 11.6 Å². The third kappa shape index (κ3) is 11.4. The number of benzene rings is 1. The standard InChI is InChI=1S/C26H37N3O7/c1-16(13-22(31)21(28-3)14-18-7-5-4-6-8-18)26(36)29-20(10-11-24(27)33)23(32)15-19(17(2)30)9-12-25(34)35/h4-8,16,19-21,28H,9-15H2,1-3H3,(H2,27,33)(H,29,36)(H,34,35)/t16?,19?,20-,21-/m0/s1. The number of carboxylic acid groups (broad SMARTS) is 1. The molecule has 1 aromatic carbocycles. The van der Waals surface area contributed by atoms with Gasteiger partial charge in [0.25, 0.3) is 0 Å². The van der Waals surface area contributed by atoms with Crippen molar-refractivity contribution in [2.45, 2.75) is 70.9 Å². The quantitative estimate of drug-likeness (QED) is 0.231. The van der Waals surface area contributed by atoms with E-state index < -0.39 is 47.5 Å². The lowest BCUT2D eigenvalue weighted by Gasteiger charge is -2.22. The molecule has 0 fully saturated rings. The third-order valence-corrected chi connectivity index (χ3v) is 6.09. The molecular weight excluding hydrogens is 466 g/mol. The van der Waals surface area contributed by atoms with Gasteiger partial charge in [0.05, 0.1) is 12.1 Å². The highest BCUT2D eigenvalue weighted by atomic mass is 16.4. The number of rotatable bonds is 18. The van der Waals surface area contributed by atoms with E-state index in [2.05, 4.69) is 10.6 Å². The van der Waals surface area contributed by atoms with Gasteiger partial charge in [0.2, 0.25) is 11.8 Å². The van der Waals surface area contributed by atoms with Gasteiger partial charge in [-0.05, 0) is 38.8 Å². The van der Waals surface area contributed by atoms with Gasteiger partial charge in [-0.25, -0.2) is 0 Å². The Kier molecular flexibility index (Phi) is 13.2. The van der Waals surface area contributed by atoms with Gasteiger partial charge in [-0.15, -0.1) is 0 Å². The Morgan fingerprint density at radius 1 is 0.917 bits per heavy atom. The van der Waals surface area contributed by atoms with Crippen molar-refractivity contribution in [1.82, 2.24) is 10.6 Å². The van der Waals surface area contributed by atoms with E-state index in [1.165, 1.54) is 6.92 Å². The van der Waals surface area contributed by atoms with Crippen LogP contribution in [0.2, 0.25) is 0 Å². The molecule has 0 radical (unpaired) electrons. The summed E-state index contributed by atoms with van der Waals surface area (Å²) in [6, 6.07) is 7.89. The average molecular weight is 504 g/mol. The van der Waals surface area contributed by atoms with E-state index in [0.717, 1.165) is 5.56 Å². The maximum Gasteiger partial charge on any atom is 0.303 e. The normalized spacial score (nSPS) is 14.2. The summed E-state index contributed by atoms with van der Waals surface area (Å²) < 4.78 is 0. The van der Waals surface area contributed by atoms with Crippen LogP contribution in [0.5, 0.6) is 0 Å². The number of carboxylic acids is 1. The first-order valence-electron chi connectivity index (χ1n) is 12.0. The van der Waals surface area contributed by atoms with Gasteiger partial charge >= 0.3 is 5.97 Å². The molecular formula is C26H37N3O7. The molecule has 2 unspecified atom stereocenters. The predicted molar refractivity (Wildman–Crippen MR) is 133 cm³/mol. The van der Waals surface area contributed by atoms with E-state index >= 15 is 0 Å². The second-order valence-corrected chi connectivity index (χ2v) is 9.08. The molecule has 1 aromatic rings. The van der Waals surface area contributed by atoms with Gasteiger partial charge in [-0.1, -0.05) is 37.3 Å². The second kappa shape index (κ2) is 15.6. The third-order valence-electron chi connectivity index (χ3n) is 6.09. The fraction of sp³-hybridized carbons (Fsp3) is 0.538. The number of carbonyl (C=O) groups excluding carboxylic acids is 5. The van der Waals surface area contributed by atoms with Crippen LogP contribution in [-0.4, -0.2) is 59.4 Å². The van der Waals surface area contributed by atoms with Gasteiger partial charge in [0.1, 0.15) is 5.78 Å².